The second-order valence-corrected chi connectivity index (χ2v) is 7.00. The number of rotatable bonds is 4. The van der Waals surface area contributed by atoms with E-state index in [0.717, 1.165) is 31.3 Å². The number of anilines is 1. The molecule has 1 atom stereocenters. The highest BCUT2D eigenvalue weighted by Gasteiger charge is 2.43. The maximum Gasteiger partial charge on any atom is 0.355 e. The number of nitrogens with zero attached hydrogens (tertiary/aromatic N) is 2. The van der Waals surface area contributed by atoms with Crippen molar-refractivity contribution in [1.29, 1.82) is 5.26 Å². The molecule has 0 fully saturated rings. The molecule has 1 unspecified atom stereocenters. The summed E-state index contributed by atoms with van der Waals surface area (Å²) in [7, 11) is 2.17. The Labute approximate surface area is 187 Å². The standard InChI is InChI=1S/C22H17ClFN3O5/c1-31-21(29)18-17(11-6-4-3-5-7-11)12(10-25)20(26)27(19(18)22(30)32-2)15-9-14(24)13(23)8-16(15)28/h3-9,17,28H,26H2,1-2H3. The van der Waals surface area contributed by atoms with E-state index in [2.05, 4.69) is 0 Å². The molecule has 8 nitrogen and oxygen atoms in total. The van der Waals surface area contributed by atoms with Crippen LogP contribution in [-0.2, 0) is 19.1 Å². The second-order valence-electron chi connectivity index (χ2n) is 6.59. The molecular weight excluding hydrogens is 441 g/mol. The number of nitrogens with two attached hydrogens (primary N) is 1. The molecule has 1 heterocycles. The zero-order valence-corrected chi connectivity index (χ0v) is 17.7. The van der Waals surface area contributed by atoms with Crippen LogP contribution < -0.4 is 10.6 Å². The van der Waals surface area contributed by atoms with Crippen molar-refractivity contribution in [3.63, 3.8) is 0 Å². The lowest BCUT2D eigenvalue weighted by Crippen LogP contribution is -2.40. The van der Waals surface area contributed by atoms with Crippen LogP contribution in [0.25, 0.3) is 0 Å². The fourth-order valence-electron chi connectivity index (χ4n) is 3.47. The van der Waals surface area contributed by atoms with Crippen LogP contribution in [0.1, 0.15) is 11.5 Å². The summed E-state index contributed by atoms with van der Waals surface area (Å²) in [5.41, 5.74) is 5.56. The van der Waals surface area contributed by atoms with E-state index in [9.17, 15) is 24.3 Å². The Bertz CT molecular complexity index is 1200. The van der Waals surface area contributed by atoms with Crippen molar-refractivity contribution in [3.05, 3.63) is 81.5 Å². The van der Waals surface area contributed by atoms with Gasteiger partial charge in [0.1, 0.15) is 23.1 Å². The third kappa shape index (κ3) is 3.72. The van der Waals surface area contributed by atoms with E-state index in [1.54, 1.807) is 30.3 Å². The monoisotopic (exact) mass is 457 g/mol. The van der Waals surface area contributed by atoms with Gasteiger partial charge in [0.05, 0.1) is 48.1 Å². The van der Waals surface area contributed by atoms with Crippen LogP contribution in [0.5, 0.6) is 5.75 Å². The van der Waals surface area contributed by atoms with Crippen molar-refractivity contribution >= 4 is 29.2 Å². The molecule has 0 saturated carbocycles. The number of hydrogen-bond acceptors (Lipinski definition) is 8. The first kappa shape index (κ1) is 22.7. The zero-order chi connectivity index (χ0) is 23.6. The fraction of sp³-hybridized carbons (Fsp3) is 0.136. The number of ether oxygens (including phenoxy) is 2. The van der Waals surface area contributed by atoms with Gasteiger partial charge in [-0.15, -0.1) is 0 Å². The van der Waals surface area contributed by atoms with Crippen molar-refractivity contribution in [2.75, 3.05) is 19.1 Å². The summed E-state index contributed by atoms with van der Waals surface area (Å²) in [5.74, 6) is -4.86. The fourth-order valence-corrected chi connectivity index (χ4v) is 3.63. The Morgan fingerprint density at radius 3 is 2.38 bits per heavy atom. The summed E-state index contributed by atoms with van der Waals surface area (Å²) < 4.78 is 24.0. The minimum atomic E-state index is -1.08. The molecule has 164 valence electrons. The summed E-state index contributed by atoms with van der Waals surface area (Å²) in [6, 6.07) is 12.0. The minimum absolute atomic E-state index is 0.126. The maximum absolute atomic E-state index is 14.3. The number of halogens is 2. The van der Waals surface area contributed by atoms with Crippen LogP contribution in [0.2, 0.25) is 5.02 Å². The molecule has 3 N–H and O–H groups in total. The van der Waals surface area contributed by atoms with Gasteiger partial charge in [0.2, 0.25) is 0 Å². The van der Waals surface area contributed by atoms with E-state index >= 15 is 0 Å². The number of phenols is 1. The molecule has 0 aliphatic carbocycles. The number of allylic oxidation sites excluding steroid dienone is 1. The Balaban J connectivity index is 2.46. The quantitative estimate of drug-likeness (QED) is 0.671. The summed E-state index contributed by atoms with van der Waals surface area (Å²) in [5, 5.41) is 20.0. The van der Waals surface area contributed by atoms with Gasteiger partial charge in [-0.05, 0) is 5.56 Å². The number of carbonyl (C=O) groups is 2. The first-order valence-corrected chi connectivity index (χ1v) is 9.48. The van der Waals surface area contributed by atoms with Gasteiger partial charge in [-0.3, -0.25) is 4.90 Å². The van der Waals surface area contributed by atoms with E-state index in [1.165, 1.54) is 0 Å². The molecule has 0 spiro atoms. The second kappa shape index (κ2) is 8.99. The number of carbonyl (C=O) groups excluding carboxylic acids is 2. The van der Waals surface area contributed by atoms with Crippen LogP contribution in [-0.4, -0.2) is 31.3 Å². The molecule has 10 heteroatoms. The first-order valence-electron chi connectivity index (χ1n) is 9.10. The van der Waals surface area contributed by atoms with Crippen molar-refractivity contribution in [2.45, 2.75) is 5.92 Å². The van der Waals surface area contributed by atoms with Crippen LogP contribution in [0.15, 0.2) is 65.1 Å². The predicted octanol–water partition coefficient (Wildman–Crippen LogP) is 3.08. The Kier molecular flexibility index (Phi) is 6.37. The SMILES string of the molecule is COC(=O)C1=C(C(=O)OC)N(c2cc(F)c(Cl)cc2O)C(N)=C(C#N)C1c1ccccc1. The van der Waals surface area contributed by atoms with Gasteiger partial charge < -0.3 is 20.3 Å². The third-order valence-corrected chi connectivity index (χ3v) is 5.16. The molecule has 0 amide bonds. The molecule has 0 radical (unpaired) electrons. The molecule has 1 aliphatic rings. The molecule has 0 aromatic heterocycles. The molecular formula is C22H17ClFN3O5. The highest BCUT2D eigenvalue weighted by molar-refractivity contribution is 6.31. The number of hydrogen-bond donors (Lipinski definition) is 2. The molecule has 2 aromatic rings. The van der Waals surface area contributed by atoms with Crippen molar-refractivity contribution in [3.8, 4) is 11.8 Å². The van der Waals surface area contributed by atoms with Crippen LogP contribution in [0, 0.1) is 17.1 Å². The van der Waals surface area contributed by atoms with Crippen LogP contribution >= 0.6 is 11.6 Å². The van der Waals surface area contributed by atoms with Gasteiger partial charge >= 0.3 is 11.9 Å². The first-order chi connectivity index (χ1) is 15.3. The molecule has 1 aliphatic heterocycles. The van der Waals surface area contributed by atoms with Gasteiger partial charge in [0.25, 0.3) is 0 Å². The number of methoxy groups -OCH3 is 2. The maximum atomic E-state index is 14.3. The van der Waals surface area contributed by atoms with E-state index in [4.69, 9.17) is 26.8 Å². The van der Waals surface area contributed by atoms with Gasteiger partial charge in [0.15, 0.2) is 0 Å². The van der Waals surface area contributed by atoms with Crippen molar-refractivity contribution < 1.29 is 28.6 Å². The molecule has 2 aromatic carbocycles. The molecule has 32 heavy (non-hydrogen) atoms. The van der Waals surface area contributed by atoms with Gasteiger partial charge in [-0.25, -0.2) is 14.0 Å². The minimum Gasteiger partial charge on any atom is -0.506 e. The Morgan fingerprint density at radius 1 is 1.19 bits per heavy atom. The van der Waals surface area contributed by atoms with E-state index in [1.807, 2.05) is 6.07 Å². The lowest BCUT2D eigenvalue weighted by atomic mass is 9.81. The average molecular weight is 458 g/mol. The summed E-state index contributed by atoms with van der Waals surface area (Å²) >= 11 is 5.72. The predicted molar refractivity (Wildman–Crippen MR) is 113 cm³/mol. The van der Waals surface area contributed by atoms with Crippen LogP contribution in [0.4, 0.5) is 10.1 Å². The number of nitriles is 1. The van der Waals surface area contributed by atoms with Crippen molar-refractivity contribution in [1.82, 2.24) is 0 Å². The number of esters is 2. The number of aromatic hydroxyl groups is 1. The highest BCUT2D eigenvalue weighted by Crippen LogP contribution is 2.45. The zero-order valence-electron chi connectivity index (χ0n) is 16.9. The van der Waals surface area contributed by atoms with Crippen LogP contribution in [0.3, 0.4) is 0 Å². The molecule has 3 rings (SSSR count). The topological polar surface area (TPSA) is 126 Å². The Morgan fingerprint density at radius 2 is 1.81 bits per heavy atom. The average Bonchev–Trinajstić information content (AvgIpc) is 2.80. The smallest absolute Gasteiger partial charge is 0.355 e. The van der Waals surface area contributed by atoms with Crippen molar-refractivity contribution in [2.24, 2.45) is 5.73 Å². The largest absolute Gasteiger partial charge is 0.506 e. The normalized spacial score (nSPS) is 16.0. The van der Waals surface area contributed by atoms with E-state index in [0.29, 0.717) is 5.56 Å². The third-order valence-electron chi connectivity index (χ3n) is 4.87. The van der Waals surface area contributed by atoms with E-state index in [-0.39, 0.29) is 27.7 Å². The van der Waals surface area contributed by atoms with Gasteiger partial charge in [0, 0.05) is 12.1 Å². The number of benzene rings is 2. The lowest BCUT2D eigenvalue weighted by Gasteiger charge is -2.36. The summed E-state index contributed by atoms with van der Waals surface area (Å²) in [4.78, 5) is 26.6. The van der Waals surface area contributed by atoms with Gasteiger partial charge in [-0.2, -0.15) is 5.26 Å². The number of phenolic OH excluding ortho intramolecular Hbond substituents is 1. The van der Waals surface area contributed by atoms with Gasteiger partial charge in [-0.1, -0.05) is 41.9 Å². The lowest BCUT2D eigenvalue weighted by molar-refractivity contribution is -0.139. The Hall–Kier alpha value is -4.03. The summed E-state index contributed by atoms with van der Waals surface area (Å²) in [6.07, 6.45) is 0. The highest BCUT2D eigenvalue weighted by atomic mass is 35.5. The molecule has 0 bridgehead atoms. The van der Waals surface area contributed by atoms with E-state index < -0.39 is 35.1 Å². The summed E-state index contributed by atoms with van der Waals surface area (Å²) in [6.45, 7) is 0. The molecule has 0 saturated heterocycles.